The van der Waals surface area contributed by atoms with E-state index in [9.17, 15) is 4.79 Å². The van der Waals surface area contributed by atoms with Gasteiger partial charge >= 0.3 is 5.97 Å². The van der Waals surface area contributed by atoms with Gasteiger partial charge in [-0.15, -0.1) is 0 Å². The second-order valence-corrected chi connectivity index (χ2v) is 2.74. The zero-order chi connectivity index (χ0) is 12.8. The molecule has 0 saturated heterocycles. The summed E-state index contributed by atoms with van der Waals surface area (Å²) in [6, 6.07) is 0. The van der Waals surface area contributed by atoms with Crippen molar-refractivity contribution in [3.8, 4) is 0 Å². The Balaban J connectivity index is 0. The van der Waals surface area contributed by atoms with E-state index in [1.165, 1.54) is 0 Å². The van der Waals surface area contributed by atoms with Crippen molar-refractivity contribution in [1.29, 1.82) is 0 Å². The van der Waals surface area contributed by atoms with E-state index in [2.05, 4.69) is 16.1 Å². The predicted molar refractivity (Wildman–Crippen MR) is 61.1 cm³/mol. The molecular weight excluding hydrogens is 212 g/mol. The van der Waals surface area contributed by atoms with Crippen LogP contribution in [-0.4, -0.2) is 49.2 Å². The van der Waals surface area contributed by atoms with Crippen molar-refractivity contribution in [3.05, 3.63) is 12.2 Å². The van der Waals surface area contributed by atoms with E-state index < -0.39 is 0 Å². The van der Waals surface area contributed by atoms with E-state index in [-0.39, 0.29) is 19.2 Å². The van der Waals surface area contributed by atoms with Crippen LogP contribution in [0.3, 0.4) is 0 Å². The summed E-state index contributed by atoms with van der Waals surface area (Å²) in [5, 5.41) is 16.2. The maximum Gasteiger partial charge on any atom is 0.333 e. The van der Waals surface area contributed by atoms with Crippen LogP contribution in [0.15, 0.2) is 12.2 Å². The molecule has 0 aromatic rings. The Hall–Kier alpha value is -0.910. The first-order valence-electron chi connectivity index (χ1n) is 5.28. The molecule has 0 aromatic carbocycles. The number of aliphatic hydroxyl groups is 2. The molecule has 0 unspecified atom stereocenters. The lowest BCUT2D eigenvalue weighted by molar-refractivity contribution is -0.138. The highest BCUT2D eigenvalue weighted by Gasteiger charge is 2.02. The van der Waals surface area contributed by atoms with Gasteiger partial charge in [-0.25, -0.2) is 4.79 Å². The van der Waals surface area contributed by atoms with Crippen LogP contribution in [-0.2, 0) is 14.3 Å². The Morgan fingerprint density at radius 1 is 1.19 bits per heavy atom. The van der Waals surface area contributed by atoms with Gasteiger partial charge in [0, 0.05) is 5.57 Å². The van der Waals surface area contributed by atoms with Crippen LogP contribution < -0.4 is 0 Å². The van der Waals surface area contributed by atoms with Gasteiger partial charge in [0.25, 0.3) is 0 Å². The molecule has 0 amide bonds. The summed E-state index contributed by atoms with van der Waals surface area (Å²) in [7, 11) is 0. The molecule has 0 heterocycles. The zero-order valence-corrected chi connectivity index (χ0v) is 10.1. The molecule has 0 rings (SSSR count). The number of rotatable bonds is 7. The van der Waals surface area contributed by atoms with Crippen LogP contribution in [0.25, 0.3) is 0 Å². The fourth-order valence-electron chi connectivity index (χ4n) is 0.609. The molecule has 5 heteroatoms. The Kier molecular flexibility index (Phi) is 15.4. The summed E-state index contributed by atoms with van der Waals surface area (Å²) in [6.07, 6.45) is 0.666. The number of esters is 1. The van der Waals surface area contributed by atoms with Crippen molar-refractivity contribution >= 4 is 5.97 Å². The SMILES string of the molecule is C=C(CC)C(=O)OCC.OCCOCCO. The van der Waals surface area contributed by atoms with Crippen molar-refractivity contribution in [1.82, 2.24) is 0 Å². The minimum Gasteiger partial charge on any atom is -0.463 e. The van der Waals surface area contributed by atoms with E-state index in [0.29, 0.717) is 31.8 Å². The van der Waals surface area contributed by atoms with Gasteiger partial charge in [0.05, 0.1) is 33.0 Å². The van der Waals surface area contributed by atoms with Crippen molar-refractivity contribution in [2.45, 2.75) is 20.3 Å². The summed E-state index contributed by atoms with van der Waals surface area (Å²) >= 11 is 0. The summed E-state index contributed by atoms with van der Waals surface area (Å²) in [6.45, 7) is 8.29. The Morgan fingerprint density at radius 2 is 1.69 bits per heavy atom. The van der Waals surface area contributed by atoms with Gasteiger partial charge in [-0.05, 0) is 13.3 Å². The summed E-state index contributed by atoms with van der Waals surface area (Å²) in [5.74, 6) is -0.278. The highest BCUT2D eigenvalue weighted by atomic mass is 16.5. The van der Waals surface area contributed by atoms with Gasteiger partial charge in [0.15, 0.2) is 0 Å². The summed E-state index contributed by atoms with van der Waals surface area (Å²) in [5.41, 5.74) is 0.539. The number of hydrogen-bond donors (Lipinski definition) is 2. The fourth-order valence-corrected chi connectivity index (χ4v) is 0.609. The lowest BCUT2D eigenvalue weighted by atomic mass is 10.2. The number of ether oxygens (including phenoxy) is 2. The maximum absolute atomic E-state index is 10.7. The fraction of sp³-hybridized carbons (Fsp3) is 0.727. The zero-order valence-electron chi connectivity index (χ0n) is 10.1. The Morgan fingerprint density at radius 3 is 2.00 bits per heavy atom. The molecule has 0 aliphatic rings. The third-order valence-electron chi connectivity index (χ3n) is 1.46. The third-order valence-corrected chi connectivity index (χ3v) is 1.46. The highest BCUT2D eigenvalue weighted by Crippen LogP contribution is 1.98. The van der Waals surface area contributed by atoms with Crippen LogP contribution in [0, 0.1) is 0 Å². The highest BCUT2D eigenvalue weighted by molar-refractivity contribution is 5.87. The average Bonchev–Trinajstić information content (AvgIpc) is 2.30. The monoisotopic (exact) mass is 234 g/mol. The minimum absolute atomic E-state index is 0.0278. The Labute approximate surface area is 96.7 Å². The molecule has 0 atom stereocenters. The second kappa shape index (κ2) is 14.1. The quantitative estimate of drug-likeness (QED) is 0.381. The van der Waals surface area contributed by atoms with E-state index in [1.54, 1.807) is 6.92 Å². The summed E-state index contributed by atoms with van der Waals surface area (Å²) in [4.78, 5) is 10.7. The van der Waals surface area contributed by atoms with Gasteiger partial charge in [-0.1, -0.05) is 13.5 Å². The smallest absolute Gasteiger partial charge is 0.333 e. The maximum atomic E-state index is 10.7. The largest absolute Gasteiger partial charge is 0.463 e. The van der Waals surface area contributed by atoms with Crippen molar-refractivity contribution < 1.29 is 24.5 Å². The van der Waals surface area contributed by atoms with Gasteiger partial charge in [0.2, 0.25) is 0 Å². The van der Waals surface area contributed by atoms with Crippen LogP contribution in [0.4, 0.5) is 0 Å². The predicted octanol–water partition coefficient (Wildman–Crippen LogP) is 0.503. The molecule has 0 aliphatic heterocycles. The van der Waals surface area contributed by atoms with Crippen LogP contribution >= 0.6 is 0 Å². The molecular formula is C11H22O5. The molecule has 5 nitrogen and oxygen atoms in total. The molecule has 0 fully saturated rings. The molecule has 0 aliphatic carbocycles. The van der Waals surface area contributed by atoms with Gasteiger partial charge in [-0.3, -0.25) is 0 Å². The Bertz CT molecular complexity index is 175. The van der Waals surface area contributed by atoms with Crippen molar-refractivity contribution in [3.63, 3.8) is 0 Å². The second-order valence-electron chi connectivity index (χ2n) is 2.74. The standard InChI is InChI=1S/C7H12O2.C4H10O3/c1-4-6(3)7(8)9-5-2;5-1-3-7-4-2-6/h3-5H2,1-2H3;5-6H,1-4H2. The molecule has 2 N–H and O–H groups in total. The van der Waals surface area contributed by atoms with E-state index in [1.807, 2.05) is 6.92 Å². The minimum atomic E-state index is -0.278. The van der Waals surface area contributed by atoms with Crippen molar-refractivity contribution in [2.75, 3.05) is 33.0 Å². The first kappa shape index (κ1) is 17.5. The van der Waals surface area contributed by atoms with Crippen LogP contribution in [0.5, 0.6) is 0 Å². The number of carbonyl (C=O) groups is 1. The molecule has 0 bridgehead atoms. The van der Waals surface area contributed by atoms with E-state index in [0.717, 1.165) is 0 Å². The van der Waals surface area contributed by atoms with Gasteiger partial charge in [-0.2, -0.15) is 0 Å². The van der Waals surface area contributed by atoms with E-state index >= 15 is 0 Å². The molecule has 0 saturated carbocycles. The lowest BCUT2D eigenvalue weighted by Crippen LogP contribution is -2.05. The molecule has 0 radical (unpaired) electrons. The van der Waals surface area contributed by atoms with Crippen LogP contribution in [0.1, 0.15) is 20.3 Å². The van der Waals surface area contributed by atoms with Crippen LogP contribution in [0.2, 0.25) is 0 Å². The van der Waals surface area contributed by atoms with Crippen molar-refractivity contribution in [2.24, 2.45) is 0 Å². The number of carbonyl (C=O) groups excluding carboxylic acids is 1. The molecule has 96 valence electrons. The first-order valence-corrected chi connectivity index (χ1v) is 5.28. The summed E-state index contributed by atoms with van der Waals surface area (Å²) < 4.78 is 9.29. The van der Waals surface area contributed by atoms with E-state index in [4.69, 9.17) is 10.2 Å². The third kappa shape index (κ3) is 13.1. The molecule has 0 spiro atoms. The van der Waals surface area contributed by atoms with Gasteiger partial charge in [0.1, 0.15) is 0 Å². The number of hydrogen-bond acceptors (Lipinski definition) is 5. The lowest BCUT2D eigenvalue weighted by Gasteiger charge is -1.99. The number of aliphatic hydroxyl groups excluding tert-OH is 2. The normalized spacial score (nSPS) is 9.00. The topological polar surface area (TPSA) is 76.0 Å². The first-order chi connectivity index (χ1) is 7.63. The van der Waals surface area contributed by atoms with Gasteiger partial charge < -0.3 is 19.7 Å². The molecule has 16 heavy (non-hydrogen) atoms. The average molecular weight is 234 g/mol. The molecule has 0 aromatic heterocycles.